The normalized spacial score (nSPS) is 12.6. The van der Waals surface area contributed by atoms with Crippen molar-refractivity contribution in [3.8, 4) is 5.75 Å². The van der Waals surface area contributed by atoms with Gasteiger partial charge in [-0.15, -0.1) is 0 Å². The first kappa shape index (κ1) is 18.7. The number of nitrogens with two attached hydrogens (primary N) is 1. The van der Waals surface area contributed by atoms with Gasteiger partial charge in [-0.25, -0.2) is 4.79 Å². The maximum absolute atomic E-state index is 12.1. The molecule has 0 aliphatic rings. The molecule has 6 nitrogen and oxygen atoms in total. The fraction of sp³-hybridized carbons (Fsp3) is 0.467. The molecule has 0 fully saturated rings. The van der Waals surface area contributed by atoms with Crippen molar-refractivity contribution in [2.45, 2.75) is 33.4 Å². The largest absolute Gasteiger partial charge is 0.435 e. The predicted octanol–water partition coefficient (Wildman–Crippen LogP) is 2.16. The van der Waals surface area contributed by atoms with Gasteiger partial charge in [-0.1, -0.05) is 12.1 Å². The molecule has 0 saturated carbocycles. The lowest BCUT2D eigenvalue weighted by molar-refractivity contribution is -0.125. The van der Waals surface area contributed by atoms with Gasteiger partial charge in [-0.05, 0) is 38.5 Å². The lowest BCUT2D eigenvalue weighted by Crippen LogP contribution is -2.46. The number of nitrogens with one attached hydrogen (secondary N) is 2. The second-order valence-corrected chi connectivity index (χ2v) is 5.74. The number of benzene rings is 1. The summed E-state index contributed by atoms with van der Waals surface area (Å²) >= 11 is 0. The number of urea groups is 1. The molecule has 8 heteroatoms. The van der Waals surface area contributed by atoms with Crippen molar-refractivity contribution in [2.24, 2.45) is 11.1 Å². The van der Waals surface area contributed by atoms with Gasteiger partial charge in [0.25, 0.3) is 0 Å². The number of hydrogen-bond acceptors (Lipinski definition) is 3. The minimum Gasteiger partial charge on any atom is -0.435 e. The van der Waals surface area contributed by atoms with Crippen molar-refractivity contribution in [1.29, 1.82) is 0 Å². The summed E-state index contributed by atoms with van der Waals surface area (Å²) in [6.07, 6.45) is 0. The lowest BCUT2D eigenvalue weighted by atomic mass is 9.93. The van der Waals surface area contributed by atoms with Crippen molar-refractivity contribution < 1.29 is 23.1 Å². The topological polar surface area (TPSA) is 93.5 Å². The summed E-state index contributed by atoms with van der Waals surface area (Å²) in [7, 11) is 0. The highest BCUT2D eigenvalue weighted by atomic mass is 19.3. The molecule has 0 saturated heterocycles. The van der Waals surface area contributed by atoms with E-state index < -0.39 is 24.0 Å². The Morgan fingerprint density at radius 2 is 1.83 bits per heavy atom. The Labute approximate surface area is 133 Å². The number of rotatable bonds is 7. The van der Waals surface area contributed by atoms with E-state index in [9.17, 15) is 18.4 Å². The van der Waals surface area contributed by atoms with Gasteiger partial charge in [-0.2, -0.15) is 8.78 Å². The molecule has 3 amide bonds. The summed E-state index contributed by atoms with van der Waals surface area (Å²) in [6.45, 7) is 2.21. The van der Waals surface area contributed by atoms with E-state index in [1.54, 1.807) is 32.9 Å². The predicted molar refractivity (Wildman–Crippen MR) is 81.0 cm³/mol. The molecule has 1 aromatic rings. The molecule has 23 heavy (non-hydrogen) atoms. The number of carbonyl (C=O) groups excluding carboxylic acids is 2. The van der Waals surface area contributed by atoms with Crippen LogP contribution in [0.3, 0.4) is 0 Å². The SMILES string of the molecule is CC(NC(=O)NCC(C)(C)C(N)=O)c1ccc(OC(F)F)cc1. The van der Waals surface area contributed by atoms with Gasteiger partial charge < -0.3 is 21.1 Å². The number of alkyl halides is 2. The Morgan fingerprint density at radius 1 is 1.26 bits per heavy atom. The highest BCUT2D eigenvalue weighted by molar-refractivity contribution is 5.81. The Balaban J connectivity index is 2.53. The van der Waals surface area contributed by atoms with Gasteiger partial charge >= 0.3 is 12.6 Å². The molecule has 0 spiro atoms. The van der Waals surface area contributed by atoms with Crippen LogP contribution in [0, 0.1) is 5.41 Å². The van der Waals surface area contributed by atoms with Gasteiger partial charge in [-0.3, -0.25) is 4.79 Å². The summed E-state index contributed by atoms with van der Waals surface area (Å²) in [5.74, 6) is -0.468. The Bertz CT molecular complexity index is 547. The third kappa shape index (κ3) is 6.09. The molecular formula is C15H21F2N3O3. The van der Waals surface area contributed by atoms with E-state index in [1.807, 2.05) is 0 Å². The maximum atomic E-state index is 12.1. The third-order valence-corrected chi connectivity index (χ3v) is 3.31. The zero-order chi connectivity index (χ0) is 17.6. The highest BCUT2D eigenvalue weighted by Crippen LogP contribution is 2.19. The quantitative estimate of drug-likeness (QED) is 0.715. The zero-order valence-corrected chi connectivity index (χ0v) is 13.2. The monoisotopic (exact) mass is 329 g/mol. The summed E-state index contributed by atoms with van der Waals surface area (Å²) in [5.41, 5.74) is 5.09. The van der Waals surface area contributed by atoms with Crippen LogP contribution in [0.4, 0.5) is 13.6 Å². The average Bonchev–Trinajstić information content (AvgIpc) is 2.45. The van der Waals surface area contributed by atoms with Crippen molar-refractivity contribution in [2.75, 3.05) is 6.54 Å². The van der Waals surface area contributed by atoms with Crippen LogP contribution in [-0.2, 0) is 4.79 Å². The molecule has 1 aromatic carbocycles. The second-order valence-electron chi connectivity index (χ2n) is 5.74. The second kappa shape index (κ2) is 7.75. The summed E-state index contributed by atoms with van der Waals surface area (Å²) in [6, 6.07) is 5.14. The Morgan fingerprint density at radius 3 is 2.30 bits per heavy atom. The molecule has 0 heterocycles. The molecular weight excluding hydrogens is 308 g/mol. The number of ether oxygens (including phenoxy) is 1. The van der Waals surface area contributed by atoms with Gasteiger partial charge in [0, 0.05) is 6.54 Å². The van der Waals surface area contributed by atoms with Gasteiger partial charge in [0.15, 0.2) is 0 Å². The molecule has 1 rings (SSSR count). The third-order valence-electron chi connectivity index (χ3n) is 3.31. The first-order chi connectivity index (χ1) is 10.6. The van der Waals surface area contributed by atoms with Crippen LogP contribution in [0.15, 0.2) is 24.3 Å². The molecule has 128 valence electrons. The van der Waals surface area contributed by atoms with E-state index in [2.05, 4.69) is 15.4 Å². The van der Waals surface area contributed by atoms with Crippen molar-refractivity contribution >= 4 is 11.9 Å². The smallest absolute Gasteiger partial charge is 0.387 e. The standard InChI is InChI=1S/C15H21F2N3O3/c1-9(10-4-6-11(7-5-10)23-13(16)17)20-14(22)19-8-15(2,3)12(18)21/h4-7,9,13H,8H2,1-3H3,(H2,18,21)(H2,19,20,22). The van der Waals surface area contributed by atoms with Crippen LogP contribution in [0.25, 0.3) is 0 Å². The minimum absolute atomic E-state index is 0.0450. The number of hydrogen-bond donors (Lipinski definition) is 3. The summed E-state index contributed by atoms with van der Waals surface area (Å²) < 4.78 is 28.4. The molecule has 0 aromatic heterocycles. The van der Waals surface area contributed by atoms with E-state index >= 15 is 0 Å². The molecule has 0 radical (unpaired) electrons. The highest BCUT2D eigenvalue weighted by Gasteiger charge is 2.25. The summed E-state index contributed by atoms with van der Waals surface area (Å²) in [4.78, 5) is 23.0. The van der Waals surface area contributed by atoms with E-state index in [1.165, 1.54) is 12.1 Å². The molecule has 0 aliphatic heterocycles. The van der Waals surface area contributed by atoms with Crippen LogP contribution >= 0.6 is 0 Å². The lowest BCUT2D eigenvalue weighted by Gasteiger charge is -2.22. The van der Waals surface area contributed by atoms with E-state index in [4.69, 9.17) is 5.73 Å². The van der Waals surface area contributed by atoms with Crippen molar-refractivity contribution in [3.63, 3.8) is 0 Å². The average molecular weight is 329 g/mol. The van der Waals surface area contributed by atoms with Gasteiger partial charge in [0.05, 0.1) is 11.5 Å². The first-order valence-electron chi connectivity index (χ1n) is 7.01. The fourth-order valence-electron chi connectivity index (χ4n) is 1.66. The van der Waals surface area contributed by atoms with E-state index in [0.717, 1.165) is 5.56 Å². The van der Waals surface area contributed by atoms with Crippen LogP contribution in [0.1, 0.15) is 32.4 Å². The minimum atomic E-state index is -2.88. The van der Waals surface area contributed by atoms with Crippen LogP contribution in [-0.4, -0.2) is 25.1 Å². The van der Waals surface area contributed by atoms with Gasteiger partial charge in [0.2, 0.25) is 5.91 Å². The number of halogens is 2. The Hall–Kier alpha value is -2.38. The molecule has 1 unspecified atom stereocenters. The van der Waals surface area contributed by atoms with Crippen molar-refractivity contribution in [1.82, 2.24) is 10.6 Å². The molecule has 0 aliphatic carbocycles. The number of carbonyl (C=O) groups is 2. The van der Waals surface area contributed by atoms with Gasteiger partial charge in [0.1, 0.15) is 5.75 Å². The van der Waals surface area contributed by atoms with Crippen LogP contribution in [0.2, 0.25) is 0 Å². The maximum Gasteiger partial charge on any atom is 0.387 e. The molecule has 4 N–H and O–H groups in total. The number of amides is 3. The van der Waals surface area contributed by atoms with E-state index in [0.29, 0.717) is 0 Å². The molecule has 1 atom stereocenters. The fourth-order valence-corrected chi connectivity index (χ4v) is 1.66. The van der Waals surface area contributed by atoms with Crippen LogP contribution in [0.5, 0.6) is 5.75 Å². The number of primary amides is 1. The first-order valence-corrected chi connectivity index (χ1v) is 7.01. The summed E-state index contributed by atoms with van der Waals surface area (Å²) in [5, 5.41) is 5.24. The zero-order valence-electron chi connectivity index (χ0n) is 13.2. The molecule has 0 bridgehead atoms. The van der Waals surface area contributed by atoms with Crippen LogP contribution < -0.4 is 21.1 Å². The van der Waals surface area contributed by atoms with E-state index in [-0.39, 0.29) is 18.3 Å². The Kier molecular flexibility index (Phi) is 6.29. The van der Waals surface area contributed by atoms with Crippen molar-refractivity contribution in [3.05, 3.63) is 29.8 Å².